The van der Waals surface area contributed by atoms with E-state index in [0.29, 0.717) is 0 Å². The molecule has 6 aromatic carbocycles. The molecule has 0 atom stereocenters. The summed E-state index contributed by atoms with van der Waals surface area (Å²) in [6.45, 7) is 4.68. The average Bonchev–Trinajstić information content (AvgIpc) is 3.23. The second-order valence-electron chi connectivity index (χ2n) is 11.0. The molecule has 184 valence electrons. The Bertz CT molecular complexity index is 2090. The SMILES string of the molecule is CC1(C)c2ccccc2-c2ccc3cc(-c4nc(-c5ccccc5)c5c(ccc6ccccc65)n4)ccc3c21. The maximum absolute atomic E-state index is 5.22. The molecule has 0 saturated heterocycles. The van der Waals surface area contributed by atoms with E-state index in [1.807, 2.05) is 6.07 Å². The highest BCUT2D eigenvalue weighted by molar-refractivity contribution is 6.12. The Morgan fingerprint density at radius 3 is 2.21 bits per heavy atom. The lowest BCUT2D eigenvalue weighted by molar-refractivity contribution is 0.666. The molecule has 1 aromatic heterocycles. The third-order valence-electron chi connectivity index (χ3n) is 8.43. The molecule has 0 unspecified atom stereocenters. The molecular formula is C37H26N2. The van der Waals surface area contributed by atoms with Crippen molar-refractivity contribution in [3.63, 3.8) is 0 Å². The first-order valence-electron chi connectivity index (χ1n) is 13.5. The summed E-state index contributed by atoms with van der Waals surface area (Å²) in [5.74, 6) is 0.751. The van der Waals surface area contributed by atoms with Gasteiger partial charge in [0.15, 0.2) is 5.82 Å². The molecule has 1 heterocycles. The fraction of sp³-hybridized carbons (Fsp3) is 0.0811. The molecule has 0 bridgehead atoms. The summed E-state index contributed by atoms with van der Waals surface area (Å²) in [6.07, 6.45) is 0. The molecule has 2 nitrogen and oxygen atoms in total. The van der Waals surface area contributed by atoms with Gasteiger partial charge in [-0.2, -0.15) is 0 Å². The topological polar surface area (TPSA) is 25.8 Å². The zero-order valence-electron chi connectivity index (χ0n) is 21.9. The molecule has 1 aliphatic rings. The van der Waals surface area contributed by atoms with E-state index in [2.05, 4.69) is 129 Å². The average molecular weight is 499 g/mol. The molecular weight excluding hydrogens is 472 g/mol. The molecule has 0 aliphatic heterocycles. The van der Waals surface area contributed by atoms with Crippen molar-refractivity contribution in [2.24, 2.45) is 0 Å². The second kappa shape index (κ2) is 8.09. The van der Waals surface area contributed by atoms with Crippen molar-refractivity contribution in [1.82, 2.24) is 9.97 Å². The normalized spacial score (nSPS) is 13.6. The van der Waals surface area contributed by atoms with Crippen LogP contribution in [0.4, 0.5) is 0 Å². The maximum atomic E-state index is 5.22. The summed E-state index contributed by atoms with van der Waals surface area (Å²) >= 11 is 0. The van der Waals surface area contributed by atoms with Gasteiger partial charge in [-0.3, -0.25) is 0 Å². The van der Waals surface area contributed by atoms with Crippen LogP contribution >= 0.6 is 0 Å². The minimum absolute atomic E-state index is 0.0477. The monoisotopic (exact) mass is 498 g/mol. The first-order valence-corrected chi connectivity index (χ1v) is 13.5. The Morgan fingerprint density at radius 1 is 0.538 bits per heavy atom. The van der Waals surface area contributed by atoms with Crippen LogP contribution in [-0.2, 0) is 5.41 Å². The van der Waals surface area contributed by atoms with Crippen molar-refractivity contribution >= 4 is 32.4 Å². The fourth-order valence-corrected chi connectivity index (χ4v) is 6.60. The van der Waals surface area contributed by atoms with Crippen LogP contribution in [0, 0.1) is 0 Å². The molecule has 0 N–H and O–H groups in total. The van der Waals surface area contributed by atoms with E-state index in [1.165, 1.54) is 43.8 Å². The summed E-state index contributed by atoms with van der Waals surface area (Å²) in [5, 5.41) is 5.99. The van der Waals surface area contributed by atoms with Crippen molar-refractivity contribution in [2.45, 2.75) is 19.3 Å². The van der Waals surface area contributed by atoms with Gasteiger partial charge >= 0.3 is 0 Å². The Labute approximate surface area is 227 Å². The first-order chi connectivity index (χ1) is 19.1. The van der Waals surface area contributed by atoms with E-state index in [1.54, 1.807) is 0 Å². The van der Waals surface area contributed by atoms with Crippen LogP contribution in [0.15, 0.2) is 121 Å². The standard InChI is InChI=1S/C37H26N2/c1-37(2)31-15-9-8-14-29(31)30-20-16-25-22-26(17-19-28(25)34(30)37)36-38-32-21-18-23-10-6-7-13-27(23)33(32)35(39-36)24-11-4-3-5-12-24/h3-22H,1-2H3. The number of aromatic nitrogens is 2. The summed E-state index contributed by atoms with van der Waals surface area (Å²) in [4.78, 5) is 10.3. The highest BCUT2D eigenvalue weighted by atomic mass is 14.9. The fourth-order valence-electron chi connectivity index (χ4n) is 6.60. The van der Waals surface area contributed by atoms with Crippen LogP contribution in [0.2, 0.25) is 0 Å². The van der Waals surface area contributed by atoms with Crippen LogP contribution in [0.3, 0.4) is 0 Å². The first kappa shape index (κ1) is 22.2. The van der Waals surface area contributed by atoms with Crippen molar-refractivity contribution in [3.05, 3.63) is 132 Å². The van der Waals surface area contributed by atoms with Gasteiger partial charge in [0.05, 0.1) is 11.2 Å². The third kappa shape index (κ3) is 3.21. The Balaban J connectivity index is 1.36. The highest BCUT2D eigenvalue weighted by Gasteiger charge is 2.36. The summed E-state index contributed by atoms with van der Waals surface area (Å²) in [7, 11) is 0. The largest absolute Gasteiger partial charge is 0.228 e. The number of rotatable bonds is 2. The summed E-state index contributed by atoms with van der Waals surface area (Å²) in [5.41, 5.74) is 9.51. The van der Waals surface area contributed by atoms with E-state index in [-0.39, 0.29) is 5.41 Å². The quantitative estimate of drug-likeness (QED) is 0.222. The number of nitrogens with zero attached hydrogens (tertiary/aromatic N) is 2. The Kier molecular flexibility index (Phi) is 4.60. The van der Waals surface area contributed by atoms with E-state index in [4.69, 9.17) is 9.97 Å². The predicted octanol–water partition coefficient (Wildman–Crippen LogP) is 9.58. The minimum atomic E-state index is -0.0477. The molecule has 8 rings (SSSR count). The molecule has 1 aliphatic carbocycles. The van der Waals surface area contributed by atoms with Crippen molar-refractivity contribution in [2.75, 3.05) is 0 Å². The molecule has 7 aromatic rings. The molecule has 0 saturated carbocycles. The number of hydrogen-bond acceptors (Lipinski definition) is 2. The van der Waals surface area contributed by atoms with Crippen molar-refractivity contribution < 1.29 is 0 Å². The van der Waals surface area contributed by atoms with Crippen LogP contribution < -0.4 is 0 Å². The van der Waals surface area contributed by atoms with E-state index < -0.39 is 0 Å². The van der Waals surface area contributed by atoms with Gasteiger partial charge in [-0.05, 0) is 55.9 Å². The lowest BCUT2D eigenvalue weighted by Gasteiger charge is -2.23. The van der Waals surface area contributed by atoms with Crippen LogP contribution in [-0.4, -0.2) is 9.97 Å². The number of benzene rings is 6. The highest BCUT2D eigenvalue weighted by Crippen LogP contribution is 2.51. The van der Waals surface area contributed by atoms with Crippen molar-refractivity contribution in [3.8, 4) is 33.8 Å². The van der Waals surface area contributed by atoms with Crippen LogP contribution in [0.5, 0.6) is 0 Å². The summed E-state index contributed by atoms with van der Waals surface area (Å²) < 4.78 is 0. The molecule has 2 heteroatoms. The number of fused-ring (bicyclic) bond motifs is 8. The van der Waals surface area contributed by atoms with Crippen molar-refractivity contribution in [1.29, 1.82) is 0 Å². The van der Waals surface area contributed by atoms with Gasteiger partial charge in [-0.25, -0.2) is 9.97 Å². The minimum Gasteiger partial charge on any atom is -0.228 e. The Hall–Kier alpha value is -4.82. The van der Waals surface area contributed by atoms with Gasteiger partial charge in [0, 0.05) is 21.9 Å². The Morgan fingerprint density at radius 2 is 1.31 bits per heavy atom. The second-order valence-corrected chi connectivity index (χ2v) is 11.0. The molecule has 0 spiro atoms. The molecule has 0 fully saturated rings. The molecule has 0 radical (unpaired) electrons. The van der Waals surface area contributed by atoms with E-state index >= 15 is 0 Å². The smallest absolute Gasteiger partial charge is 0.160 e. The van der Waals surface area contributed by atoms with Crippen LogP contribution in [0.25, 0.3) is 66.2 Å². The van der Waals surface area contributed by atoms with Gasteiger partial charge in [-0.15, -0.1) is 0 Å². The summed E-state index contributed by atoms with van der Waals surface area (Å²) in [6, 6.07) is 43.3. The maximum Gasteiger partial charge on any atom is 0.160 e. The molecule has 0 amide bonds. The van der Waals surface area contributed by atoms with Gasteiger partial charge in [-0.1, -0.05) is 123 Å². The zero-order chi connectivity index (χ0) is 26.1. The zero-order valence-corrected chi connectivity index (χ0v) is 21.9. The van der Waals surface area contributed by atoms with Gasteiger partial charge < -0.3 is 0 Å². The lowest BCUT2D eigenvalue weighted by atomic mass is 9.80. The van der Waals surface area contributed by atoms with Gasteiger partial charge in [0.25, 0.3) is 0 Å². The third-order valence-corrected chi connectivity index (χ3v) is 8.43. The van der Waals surface area contributed by atoms with E-state index in [0.717, 1.165) is 33.5 Å². The van der Waals surface area contributed by atoms with Gasteiger partial charge in [0.2, 0.25) is 0 Å². The van der Waals surface area contributed by atoms with Gasteiger partial charge in [0.1, 0.15) is 0 Å². The van der Waals surface area contributed by atoms with E-state index in [9.17, 15) is 0 Å². The molecule has 39 heavy (non-hydrogen) atoms. The lowest BCUT2D eigenvalue weighted by Crippen LogP contribution is -2.15. The number of hydrogen-bond donors (Lipinski definition) is 0. The van der Waals surface area contributed by atoms with Crippen LogP contribution in [0.1, 0.15) is 25.0 Å². The predicted molar refractivity (Wildman–Crippen MR) is 163 cm³/mol.